The smallest absolute Gasteiger partial charge is 0.340 e. The highest BCUT2D eigenvalue weighted by molar-refractivity contribution is 6.10. The number of carboxylic acid groups (broad SMARTS) is 1. The first-order valence-electron chi connectivity index (χ1n) is 12.5. The normalized spacial score (nSPS) is 15.1. The first kappa shape index (κ1) is 24.5. The summed E-state index contributed by atoms with van der Waals surface area (Å²) in [5.74, 6) is -0.678. The molecule has 1 aromatic heterocycles. The molecule has 3 N–H and O–H groups in total. The molecular weight excluding hydrogens is 467 g/mol. The minimum atomic E-state index is -1.09. The summed E-state index contributed by atoms with van der Waals surface area (Å²) in [6, 6.07) is 19.2. The number of aromatic carboxylic acids is 1. The van der Waals surface area contributed by atoms with E-state index in [9.17, 15) is 14.3 Å². The molecule has 1 aliphatic rings. The van der Waals surface area contributed by atoms with Crippen LogP contribution in [0.15, 0.2) is 94.9 Å². The maximum Gasteiger partial charge on any atom is 0.340 e. The van der Waals surface area contributed by atoms with E-state index < -0.39 is 11.8 Å². The van der Waals surface area contributed by atoms with Gasteiger partial charge in [0.25, 0.3) is 0 Å². The zero-order valence-electron chi connectivity index (χ0n) is 20.6. The standard InChI is InChI=1S/C31H29FN2O3/c1-20-7-9-21(10-8-20)19-33-15-16-34-27-18-28-26(17-25(27)22-5-3-2-4-6-22)29(31(35)36)30(37-28)23-11-13-24(32)14-12-23/h2-7,9-14,17-18,20,33-34H,8,15-16,19H2,1H3,(H,35,36). The second kappa shape index (κ2) is 10.8. The molecule has 6 heteroatoms. The van der Waals surface area contributed by atoms with Gasteiger partial charge in [0.05, 0.1) is 0 Å². The Labute approximate surface area is 215 Å². The van der Waals surface area contributed by atoms with Crippen molar-refractivity contribution in [2.24, 2.45) is 5.92 Å². The Hall–Kier alpha value is -4.16. The highest BCUT2D eigenvalue weighted by Gasteiger charge is 2.23. The molecule has 1 atom stereocenters. The first-order valence-corrected chi connectivity index (χ1v) is 12.5. The van der Waals surface area contributed by atoms with E-state index in [1.807, 2.05) is 42.5 Å². The second-order valence-electron chi connectivity index (χ2n) is 9.33. The van der Waals surface area contributed by atoms with Gasteiger partial charge in [0.1, 0.15) is 22.7 Å². The van der Waals surface area contributed by atoms with Crippen molar-refractivity contribution >= 4 is 22.6 Å². The van der Waals surface area contributed by atoms with Gasteiger partial charge in [0.2, 0.25) is 0 Å². The van der Waals surface area contributed by atoms with E-state index in [0.29, 0.717) is 29.0 Å². The monoisotopic (exact) mass is 496 g/mol. The van der Waals surface area contributed by atoms with Gasteiger partial charge in [-0.25, -0.2) is 9.18 Å². The molecule has 3 aromatic carbocycles. The average Bonchev–Trinajstić information content (AvgIpc) is 3.28. The van der Waals surface area contributed by atoms with E-state index in [-0.39, 0.29) is 11.3 Å². The molecule has 188 valence electrons. The molecular formula is C31H29FN2O3. The van der Waals surface area contributed by atoms with E-state index in [2.05, 4.69) is 35.8 Å². The predicted molar refractivity (Wildman–Crippen MR) is 146 cm³/mol. The van der Waals surface area contributed by atoms with Gasteiger partial charge >= 0.3 is 5.97 Å². The molecule has 0 fully saturated rings. The van der Waals surface area contributed by atoms with Crippen LogP contribution in [0.5, 0.6) is 0 Å². The summed E-state index contributed by atoms with van der Waals surface area (Å²) in [6.07, 6.45) is 7.78. The van der Waals surface area contributed by atoms with Crippen LogP contribution < -0.4 is 10.6 Å². The second-order valence-corrected chi connectivity index (χ2v) is 9.33. The molecule has 1 unspecified atom stereocenters. The number of hydrogen-bond donors (Lipinski definition) is 3. The van der Waals surface area contributed by atoms with Crippen molar-refractivity contribution < 1.29 is 18.7 Å². The Bertz CT molecular complexity index is 1470. The van der Waals surface area contributed by atoms with Gasteiger partial charge in [-0.15, -0.1) is 0 Å². The number of anilines is 1. The third-order valence-corrected chi connectivity index (χ3v) is 6.57. The largest absolute Gasteiger partial charge is 0.478 e. The third-order valence-electron chi connectivity index (χ3n) is 6.57. The molecule has 0 saturated heterocycles. The fourth-order valence-electron chi connectivity index (χ4n) is 4.58. The Balaban J connectivity index is 1.44. The third kappa shape index (κ3) is 5.49. The quantitative estimate of drug-likeness (QED) is 0.215. The van der Waals surface area contributed by atoms with E-state index >= 15 is 0 Å². The average molecular weight is 497 g/mol. The fraction of sp³-hybridized carbons (Fsp3) is 0.194. The van der Waals surface area contributed by atoms with E-state index in [0.717, 1.165) is 36.3 Å². The number of allylic oxidation sites excluding steroid dienone is 2. The van der Waals surface area contributed by atoms with Crippen LogP contribution in [-0.2, 0) is 0 Å². The number of benzene rings is 3. The summed E-state index contributed by atoms with van der Waals surface area (Å²) in [4.78, 5) is 12.3. The van der Waals surface area contributed by atoms with Gasteiger partial charge in [0, 0.05) is 47.9 Å². The molecule has 4 aromatic rings. The van der Waals surface area contributed by atoms with Crippen molar-refractivity contribution in [3.8, 4) is 22.5 Å². The lowest BCUT2D eigenvalue weighted by Gasteiger charge is -2.15. The van der Waals surface area contributed by atoms with Gasteiger partial charge < -0.3 is 20.2 Å². The SMILES string of the molecule is CC1C=CC(CNCCNc2cc3oc(-c4ccc(F)cc4)c(C(=O)O)c3cc2-c2ccccc2)=CC1. The van der Waals surface area contributed by atoms with Crippen molar-refractivity contribution in [3.63, 3.8) is 0 Å². The van der Waals surface area contributed by atoms with E-state index in [1.165, 1.54) is 29.8 Å². The maximum absolute atomic E-state index is 13.5. The van der Waals surface area contributed by atoms with Crippen molar-refractivity contribution in [1.82, 2.24) is 5.32 Å². The van der Waals surface area contributed by atoms with Gasteiger partial charge in [0.15, 0.2) is 0 Å². The van der Waals surface area contributed by atoms with Crippen LogP contribution in [-0.4, -0.2) is 30.7 Å². The van der Waals surface area contributed by atoms with Crippen LogP contribution in [0.4, 0.5) is 10.1 Å². The van der Waals surface area contributed by atoms with Crippen LogP contribution in [0.2, 0.25) is 0 Å². The van der Waals surface area contributed by atoms with Crippen LogP contribution in [0, 0.1) is 11.7 Å². The molecule has 37 heavy (non-hydrogen) atoms. The summed E-state index contributed by atoms with van der Waals surface area (Å²) < 4.78 is 19.5. The number of carbonyl (C=O) groups is 1. The van der Waals surface area contributed by atoms with Crippen molar-refractivity contribution in [1.29, 1.82) is 0 Å². The lowest BCUT2D eigenvalue weighted by Crippen LogP contribution is -2.24. The number of furan rings is 1. The molecule has 1 heterocycles. The summed E-state index contributed by atoms with van der Waals surface area (Å²) in [7, 11) is 0. The zero-order valence-corrected chi connectivity index (χ0v) is 20.6. The minimum absolute atomic E-state index is 0.0649. The summed E-state index contributed by atoms with van der Waals surface area (Å²) >= 11 is 0. The van der Waals surface area contributed by atoms with E-state index in [4.69, 9.17) is 4.42 Å². The van der Waals surface area contributed by atoms with Gasteiger partial charge in [-0.2, -0.15) is 0 Å². The van der Waals surface area contributed by atoms with Crippen LogP contribution in [0.3, 0.4) is 0 Å². The van der Waals surface area contributed by atoms with Crippen molar-refractivity contribution in [2.45, 2.75) is 13.3 Å². The molecule has 0 aliphatic heterocycles. The molecule has 0 bridgehead atoms. The maximum atomic E-state index is 13.5. The van der Waals surface area contributed by atoms with Crippen LogP contribution in [0.25, 0.3) is 33.4 Å². The van der Waals surface area contributed by atoms with Gasteiger partial charge in [-0.05, 0) is 53.8 Å². The Morgan fingerprint density at radius 1 is 1.05 bits per heavy atom. The number of carboxylic acids is 1. The number of rotatable bonds is 9. The lowest BCUT2D eigenvalue weighted by atomic mass is 9.98. The molecule has 5 rings (SSSR count). The first-order chi connectivity index (χ1) is 18.0. The van der Waals surface area contributed by atoms with Crippen LogP contribution >= 0.6 is 0 Å². The number of hydrogen-bond acceptors (Lipinski definition) is 4. The Morgan fingerprint density at radius 3 is 2.54 bits per heavy atom. The highest BCUT2D eigenvalue weighted by Crippen LogP contribution is 2.39. The lowest BCUT2D eigenvalue weighted by molar-refractivity contribution is 0.0699. The molecule has 0 amide bonds. The fourth-order valence-corrected chi connectivity index (χ4v) is 4.58. The highest BCUT2D eigenvalue weighted by atomic mass is 19.1. The predicted octanol–water partition coefficient (Wildman–Crippen LogP) is 7.13. The molecule has 0 saturated carbocycles. The molecule has 1 aliphatic carbocycles. The summed E-state index contributed by atoms with van der Waals surface area (Å²) in [5, 5.41) is 17.5. The topological polar surface area (TPSA) is 74.5 Å². The molecule has 0 radical (unpaired) electrons. The van der Waals surface area contributed by atoms with Gasteiger partial charge in [-0.3, -0.25) is 0 Å². The number of fused-ring (bicyclic) bond motifs is 1. The van der Waals surface area contributed by atoms with Crippen molar-refractivity contribution in [2.75, 3.05) is 25.0 Å². The van der Waals surface area contributed by atoms with Gasteiger partial charge in [-0.1, -0.05) is 55.5 Å². The minimum Gasteiger partial charge on any atom is -0.478 e. The number of halogens is 1. The summed E-state index contributed by atoms with van der Waals surface area (Å²) in [5.41, 5.74) is 5.03. The van der Waals surface area contributed by atoms with E-state index in [1.54, 1.807) is 0 Å². The van der Waals surface area contributed by atoms with Crippen molar-refractivity contribution in [3.05, 3.63) is 102 Å². The number of nitrogens with one attached hydrogen (secondary N) is 2. The Kier molecular flexibility index (Phi) is 7.19. The Morgan fingerprint density at radius 2 is 1.84 bits per heavy atom. The zero-order chi connectivity index (χ0) is 25.8. The molecule has 0 spiro atoms. The summed E-state index contributed by atoms with van der Waals surface area (Å²) in [6.45, 7) is 4.46. The molecule has 5 nitrogen and oxygen atoms in total. The van der Waals surface area contributed by atoms with Crippen LogP contribution in [0.1, 0.15) is 23.7 Å².